The van der Waals surface area contributed by atoms with Gasteiger partial charge >= 0.3 is 0 Å². The fourth-order valence-corrected chi connectivity index (χ4v) is 7.07. The van der Waals surface area contributed by atoms with Gasteiger partial charge in [0.25, 0.3) is 0 Å². The van der Waals surface area contributed by atoms with Crippen molar-refractivity contribution < 1.29 is 0 Å². The summed E-state index contributed by atoms with van der Waals surface area (Å²) in [6.45, 7) is 0. The average Bonchev–Trinajstić information content (AvgIpc) is 3.50. The standard InChI is InChI=1S/C42H33N5/c1-4-12-28(13-5-1)32-21-24-37-35(26-32)39-34-19-11-10-14-29(34)20-25-38(39)47(37)33-22-23-36(43-27-33)42-45-40(30-15-6-2-7-16-30)44-41(46-42)31-17-8-3-9-18-31/h1-27,40-42,44-46H. The van der Waals surface area contributed by atoms with E-state index in [9.17, 15) is 0 Å². The Hall–Kier alpha value is -5.59. The number of pyridine rings is 1. The van der Waals surface area contributed by atoms with Crippen molar-refractivity contribution in [1.82, 2.24) is 25.5 Å². The zero-order valence-electron chi connectivity index (χ0n) is 25.7. The summed E-state index contributed by atoms with van der Waals surface area (Å²) in [6.07, 6.45) is 1.77. The SMILES string of the molecule is c1ccc(-c2ccc3c(c2)c2c4ccccc4ccc2n3-c2ccc(C3NC(c4ccccc4)NC(c4ccccc4)N3)nc2)cc1. The average molecular weight is 608 g/mol. The Kier molecular flexibility index (Phi) is 6.86. The molecule has 47 heavy (non-hydrogen) atoms. The van der Waals surface area contributed by atoms with Crippen LogP contribution < -0.4 is 16.0 Å². The molecule has 0 saturated carbocycles. The van der Waals surface area contributed by atoms with Crippen molar-refractivity contribution in [3.63, 3.8) is 0 Å². The molecule has 226 valence electrons. The summed E-state index contributed by atoms with van der Waals surface area (Å²) in [6, 6.07) is 56.0. The van der Waals surface area contributed by atoms with Crippen LogP contribution in [0.25, 0.3) is 49.4 Å². The highest BCUT2D eigenvalue weighted by Gasteiger charge is 2.30. The van der Waals surface area contributed by atoms with E-state index in [0.717, 1.165) is 16.9 Å². The van der Waals surface area contributed by atoms with Gasteiger partial charge in [0.1, 0.15) is 6.17 Å². The van der Waals surface area contributed by atoms with Gasteiger partial charge in [-0.1, -0.05) is 127 Å². The van der Waals surface area contributed by atoms with Gasteiger partial charge in [-0.2, -0.15) is 0 Å². The van der Waals surface area contributed by atoms with Crippen LogP contribution in [0.3, 0.4) is 0 Å². The molecule has 9 rings (SSSR count). The molecule has 0 bridgehead atoms. The van der Waals surface area contributed by atoms with Crippen LogP contribution in [0.1, 0.15) is 35.3 Å². The smallest absolute Gasteiger partial charge is 0.104 e. The molecule has 0 spiro atoms. The second-order valence-electron chi connectivity index (χ2n) is 12.2. The highest BCUT2D eigenvalue weighted by molar-refractivity contribution is 6.21. The lowest BCUT2D eigenvalue weighted by atomic mass is 10.0. The quantitative estimate of drug-likeness (QED) is 0.183. The van der Waals surface area contributed by atoms with E-state index in [1.165, 1.54) is 49.3 Å². The molecule has 8 aromatic rings. The number of nitrogens with zero attached hydrogens (tertiary/aromatic N) is 2. The van der Waals surface area contributed by atoms with Crippen molar-refractivity contribution in [2.24, 2.45) is 0 Å². The topological polar surface area (TPSA) is 53.9 Å². The van der Waals surface area contributed by atoms with Gasteiger partial charge < -0.3 is 4.57 Å². The zero-order valence-corrected chi connectivity index (χ0v) is 25.7. The number of nitrogens with one attached hydrogen (secondary N) is 3. The van der Waals surface area contributed by atoms with E-state index in [2.05, 4.69) is 178 Å². The van der Waals surface area contributed by atoms with Crippen LogP contribution in [0.2, 0.25) is 0 Å². The van der Waals surface area contributed by atoms with Gasteiger partial charge in [-0.3, -0.25) is 20.9 Å². The van der Waals surface area contributed by atoms with Crippen LogP contribution in [0.5, 0.6) is 0 Å². The predicted octanol–water partition coefficient (Wildman–Crippen LogP) is 9.18. The summed E-state index contributed by atoms with van der Waals surface area (Å²) in [5.74, 6) is 0. The Labute approximate surface area is 273 Å². The van der Waals surface area contributed by atoms with E-state index in [0.29, 0.717) is 0 Å². The molecule has 6 aromatic carbocycles. The van der Waals surface area contributed by atoms with Crippen molar-refractivity contribution in [3.8, 4) is 16.8 Å². The second-order valence-corrected chi connectivity index (χ2v) is 12.2. The number of benzene rings is 6. The molecule has 0 radical (unpaired) electrons. The summed E-state index contributed by atoms with van der Waals surface area (Å²) in [5.41, 5.74) is 9.10. The lowest BCUT2D eigenvalue weighted by molar-refractivity contribution is 0.200. The van der Waals surface area contributed by atoms with Crippen LogP contribution in [-0.2, 0) is 0 Å². The fourth-order valence-electron chi connectivity index (χ4n) is 7.07. The van der Waals surface area contributed by atoms with Crippen molar-refractivity contribution in [1.29, 1.82) is 0 Å². The lowest BCUT2D eigenvalue weighted by Gasteiger charge is -2.39. The summed E-state index contributed by atoms with van der Waals surface area (Å²) in [5, 5.41) is 16.2. The fraction of sp³-hybridized carbons (Fsp3) is 0.0714. The molecule has 1 fully saturated rings. The third-order valence-electron chi connectivity index (χ3n) is 9.35. The van der Waals surface area contributed by atoms with Crippen LogP contribution in [0, 0.1) is 0 Å². The van der Waals surface area contributed by atoms with Crippen molar-refractivity contribution in [2.75, 3.05) is 0 Å². The van der Waals surface area contributed by atoms with Crippen LogP contribution in [0.15, 0.2) is 164 Å². The third-order valence-corrected chi connectivity index (χ3v) is 9.35. The zero-order chi connectivity index (χ0) is 31.2. The number of rotatable bonds is 5. The van der Waals surface area contributed by atoms with E-state index in [1.54, 1.807) is 0 Å². The number of aromatic nitrogens is 2. The first-order chi connectivity index (χ1) is 23.3. The van der Waals surface area contributed by atoms with Gasteiger partial charge in [0, 0.05) is 10.8 Å². The molecule has 5 nitrogen and oxygen atoms in total. The normalized spacial score (nSPS) is 18.2. The van der Waals surface area contributed by atoms with Crippen LogP contribution in [0.4, 0.5) is 0 Å². The number of hydrogen-bond acceptors (Lipinski definition) is 4. The lowest BCUT2D eigenvalue weighted by Crippen LogP contribution is -2.54. The first kappa shape index (κ1) is 27.7. The molecule has 2 aromatic heterocycles. The van der Waals surface area contributed by atoms with Gasteiger partial charge in [-0.15, -0.1) is 0 Å². The maximum Gasteiger partial charge on any atom is 0.104 e. The van der Waals surface area contributed by atoms with Gasteiger partial charge in [0.2, 0.25) is 0 Å². The van der Waals surface area contributed by atoms with E-state index in [-0.39, 0.29) is 18.5 Å². The minimum atomic E-state index is -0.156. The predicted molar refractivity (Wildman–Crippen MR) is 192 cm³/mol. The monoisotopic (exact) mass is 607 g/mol. The van der Waals surface area contributed by atoms with Gasteiger partial charge in [0.15, 0.2) is 0 Å². The Morgan fingerprint density at radius 1 is 0.468 bits per heavy atom. The Morgan fingerprint density at radius 2 is 1.09 bits per heavy atom. The molecular weight excluding hydrogens is 574 g/mol. The minimum absolute atomic E-state index is 0.0430. The summed E-state index contributed by atoms with van der Waals surface area (Å²) in [4.78, 5) is 5.08. The van der Waals surface area contributed by atoms with Gasteiger partial charge in [-0.05, 0) is 63.4 Å². The summed E-state index contributed by atoms with van der Waals surface area (Å²) < 4.78 is 2.35. The molecule has 2 unspecified atom stereocenters. The Morgan fingerprint density at radius 3 is 1.77 bits per heavy atom. The summed E-state index contributed by atoms with van der Waals surface area (Å²) >= 11 is 0. The first-order valence-corrected chi connectivity index (χ1v) is 16.2. The molecule has 5 heteroatoms. The largest absolute Gasteiger partial charge is 0.308 e. The summed E-state index contributed by atoms with van der Waals surface area (Å²) in [7, 11) is 0. The van der Waals surface area contributed by atoms with E-state index >= 15 is 0 Å². The van der Waals surface area contributed by atoms with Crippen molar-refractivity contribution in [2.45, 2.75) is 18.5 Å². The van der Waals surface area contributed by atoms with Gasteiger partial charge in [-0.25, -0.2) is 0 Å². The van der Waals surface area contributed by atoms with Crippen LogP contribution in [-0.4, -0.2) is 9.55 Å². The third kappa shape index (κ3) is 4.98. The molecule has 0 amide bonds. The van der Waals surface area contributed by atoms with Crippen LogP contribution >= 0.6 is 0 Å². The van der Waals surface area contributed by atoms with E-state index in [4.69, 9.17) is 4.98 Å². The molecular formula is C42H33N5. The maximum absolute atomic E-state index is 5.08. The molecule has 1 aliphatic rings. The Bertz CT molecular complexity index is 2280. The molecule has 1 aliphatic heterocycles. The Balaban J connectivity index is 1.14. The second kappa shape index (κ2) is 11.6. The van der Waals surface area contributed by atoms with Gasteiger partial charge in [0.05, 0.1) is 40.9 Å². The minimum Gasteiger partial charge on any atom is -0.308 e. The number of hydrogen-bond donors (Lipinski definition) is 3. The van der Waals surface area contributed by atoms with E-state index < -0.39 is 0 Å². The maximum atomic E-state index is 5.08. The molecule has 0 aliphatic carbocycles. The number of fused-ring (bicyclic) bond motifs is 5. The first-order valence-electron chi connectivity index (χ1n) is 16.2. The molecule has 1 saturated heterocycles. The van der Waals surface area contributed by atoms with Crippen molar-refractivity contribution in [3.05, 3.63) is 181 Å². The highest BCUT2D eigenvalue weighted by atomic mass is 15.4. The molecule has 3 heterocycles. The van der Waals surface area contributed by atoms with Crippen molar-refractivity contribution >= 4 is 32.6 Å². The van der Waals surface area contributed by atoms with E-state index in [1.807, 2.05) is 6.20 Å². The molecule has 2 atom stereocenters. The highest BCUT2D eigenvalue weighted by Crippen LogP contribution is 2.39. The molecule has 3 N–H and O–H groups in total.